The molecule has 1 aliphatic rings. The number of amides is 1. The topological polar surface area (TPSA) is 77.6 Å². The Hall–Kier alpha value is -3.40. The zero-order chi connectivity index (χ0) is 23.1. The number of thiazole rings is 1. The van der Waals surface area contributed by atoms with Crippen molar-refractivity contribution >= 4 is 17.2 Å². The molecular formula is C23H22F2N6OS. The van der Waals surface area contributed by atoms with E-state index in [4.69, 9.17) is 0 Å². The minimum absolute atomic E-state index is 0.102. The second-order valence-corrected chi connectivity index (χ2v) is 9.30. The molecule has 7 nitrogen and oxygen atoms in total. The lowest BCUT2D eigenvalue weighted by molar-refractivity contribution is 0.0921. The number of carbonyl (C=O) groups is 1. The van der Waals surface area contributed by atoms with Gasteiger partial charge in [-0.25, -0.2) is 18.7 Å². The highest BCUT2D eigenvalue weighted by atomic mass is 32.1. The number of halogens is 2. The number of hydrogen-bond donors (Lipinski definition) is 1. The molecule has 0 saturated carbocycles. The van der Waals surface area contributed by atoms with Crippen LogP contribution in [0.15, 0.2) is 36.7 Å². The standard InChI is InChI=1S/C23H22F2N6OS/c1-13-18(10-24)29-23(33-13)17-11-26-30(2)21(17)22(32)27-16-6-7-31-12-19(28-20(31)9-16)14-4-3-5-15(25)8-14/h3-5,8,11-12,16H,6-7,9-10H2,1-2H3,(H,27,32). The Labute approximate surface area is 193 Å². The quantitative estimate of drug-likeness (QED) is 0.479. The number of hydrogen-bond acceptors (Lipinski definition) is 5. The van der Waals surface area contributed by atoms with Gasteiger partial charge in [0.2, 0.25) is 0 Å². The SMILES string of the molecule is Cc1sc(-c2cnn(C)c2C(=O)NC2CCn3cc(-c4cccc(F)c4)nc3C2)nc1CF. The lowest BCUT2D eigenvalue weighted by atomic mass is 10.1. The van der Waals surface area contributed by atoms with Crippen LogP contribution in [0.1, 0.15) is 33.3 Å². The third-order valence-corrected chi connectivity index (χ3v) is 6.91. The number of nitrogens with one attached hydrogen (secondary N) is 1. The first-order valence-corrected chi connectivity index (χ1v) is 11.4. The van der Waals surface area contributed by atoms with E-state index < -0.39 is 6.67 Å². The maximum atomic E-state index is 13.6. The van der Waals surface area contributed by atoms with Crippen molar-refractivity contribution in [3.05, 3.63) is 64.6 Å². The first-order valence-electron chi connectivity index (χ1n) is 10.6. The van der Waals surface area contributed by atoms with Crippen molar-refractivity contribution < 1.29 is 13.6 Å². The van der Waals surface area contributed by atoms with Crippen molar-refractivity contribution in [2.24, 2.45) is 7.05 Å². The van der Waals surface area contributed by atoms with Crippen LogP contribution in [0.4, 0.5) is 8.78 Å². The van der Waals surface area contributed by atoms with Gasteiger partial charge < -0.3 is 9.88 Å². The van der Waals surface area contributed by atoms with Gasteiger partial charge in [-0.1, -0.05) is 12.1 Å². The second kappa shape index (κ2) is 8.51. The molecule has 1 unspecified atom stereocenters. The Bertz CT molecular complexity index is 1340. The minimum atomic E-state index is -0.642. The van der Waals surface area contributed by atoms with E-state index in [0.29, 0.717) is 40.6 Å². The Morgan fingerprint density at radius 2 is 2.18 bits per heavy atom. The molecule has 0 saturated heterocycles. The van der Waals surface area contributed by atoms with E-state index in [1.807, 2.05) is 19.2 Å². The third kappa shape index (κ3) is 4.06. The maximum absolute atomic E-state index is 13.6. The summed E-state index contributed by atoms with van der Waals surface area (Å²) in [5.74, 6) is 0.291. The molecule has 1 aliphatic heterocycles. The summed E-state index contributed by atoms with van der Waals surface area (Å²) in [7, 11) is 1.70. The lowest BCUT2D eigenvalue weighted by Crippen LogP contribution is -2.41. The van der Waals surface area contributed by atoms with Crippen LogP contribution in [-0.4, -0.2) is 36.3 Å². The molecule has 0 radical (unpaired) electrons. The van der Waals surface area contributed by atoms with Crippen LogP contribution in [0.3, 0.4) is 0 Å². The van der Waals surface area contributed by atoms with Crippen molar-refractivity contribution in [1.82, 2.24) is 29.6 Å². The van der Waals surface area contributed by atoms with Crippen LogP contribution in [0.2, 0.25) is 0 Å². The predicted octanol–water partition coefficient (Wildman–Crippen LogP) is 4.07. The molecule has 170 valence electrons. The number of aromatic nitrogens is 5. The summed E-state index contributed by atoms with van der Waals surface area (Å²) in [6, 6.07) is 6.26. The molecule has 0 spiro atoms. The van der Waals surface area contributed by atoms with Gasteiger partial charge in [0.15, 0.2) is 0 Å². The van der Waals surface area contributed by atoms with Crippen molar-refractivity contribution in [3.63, 3.8) is 0 Å². The normalized spacial score (nSPS) is 15.5. The van der Waals surface area contributed by atoms with Gasteiger partial charge in [0, 0.05) is 42.7 Å². The van der Waals surface area contributed by atoms with Gasteiger partial charge in [0.05, 0.1) is 23.1 Å². The van der Waals surface area contributed by atoms with E-state index in [9.17, 15) is 13.6 Å². The third-order valence-electron chi connectivity index (χ3n) is 5.87. The molecule has 4 aromatic rings. The lowest BCUT2D eigenvalue weighted by Gasteiger charge is -2.24. The second-order valence-electron chi connectivity index (χ2n) is 8.10. The van der Waals surface area contributed by atoms with Crippen LogP contribution >= 0.6 is 11.3 Å². The zero-order valence-corrected chi connectivity index (χ0v) is 19.0. The molecule has 4 heterocycles. The minimum Gasteiger partial charge on any atom is -0.347 e. The van der Waals surface area contributed by atoms with Crippen LogP contribution < -0.4 is 5.32 Å². The molecule has 3 aromatic heterocycles. The van der Waals surface area contributed by atoms with E-state index >= 15 is 0 Å². The monoisotopic (exact) mass is 468 g/mol. The van der Waals surface area contributed by atoms with E-state index in [2.05, 4.69) is 25.0 Å². The molecular weight excluding hydrogens is 446 g/mol. The molecule has 0 aliphatic carbocycles. The molecule has 1 aromatic carbocycles. The highest BCUT2D eigenvalue weighted by Crippen LogP contribution is 2.31. The molecule has 1 N–H and O–H groups in total. The number of benzene rings is 1. The highest BCUT2D eigenvalue weighted by molar-refractivity contribution is 7.15. The number of imidazole rings is 1. The molecule has 1 atom stereocenters. The van der Waals surface area contributed by atoms with Crippen LogP contribution in [0.5, 0.6) is 0 Å². The van der Waals surface area contributed by atoms with Gasteiger partial charge in [0.25, 0.3) is 5.91 Å². The van der Waals surface area contributed by atoms with E-state index in [1.54, 1.807) is 19.3 Å². The van der Waals surface area contributed by atoms with Crippen molar-refractivity contribution in [3.8, 4) is 21.8 Å². The average molecular weight is 469 g/mol. The van der Waals surface area contributed by atoms with Gasteiger partial charge in [-0.2, -0.15) is 5.10 Å². The van der Waals surface area contributed by atoms with E-state index in [1.165, 1.54) is 28.2 Å². The zero-order valence-electron chi connectivity index (χ0n) is 18.2. The fourth-order valence-corrected chi connectivity index (χ4v) is 5.05. The van der Waals surface area contributed by atoms with Gasteiger partial charge in [0.1, 0.15) is 29.0 Å². The number of alkyl halides is 1. The highest BCUT2D eigenvalue weighted by Gasteiger charge is 2.27. The molecule has 5 rings (SSSR count). The van der Waals surface area contributed by atoms with Crippen LogP contribution in [0, 0.1) is 12.7 Å². The maximum Gasteiger partial charge on any atom is 0.270 e. The molecule has 10 heteroatoms. The molecule has 1 amide bonds. The van der Waals surface area contributed by atoms with Gasteiger partial charge in [-0.05, 0) is 25.5 Å². The molecule has 0 fully saturated rings. The Kier molecular flexibility index (Phi) is 5.53. The van der Waals surface area contributed by atoms with Gasteiger partial charge in [-0.3, -0.25) is 9.48 Å². The summed E-state index contributed by atoms with van der Waals surface area (Å²) in [4.78, 5) is 23.0. The van der Waals surface area contributed by atoms with E-state index in [0.717, 1.165) is 22.7 Å². The van der Waals surface area contributed by atoms with E-state index in [-0.39, 0.29) is 17.8 Å². The smallest absolute Gasteiger partial charge is 0.270 e. The fourth-order valence-electron chi connectivity index (χ4n) is 4.12. The summed E-state index contributed by atoms with van der Waals surface area (Å²) in [6.45, 7) is 1.87. The Morgan fingerprint density at radius 3 is 2.94 bits per heavy atom. The summed E-state index contributed by atoms with van der Waals surface area (Å²) >= 11 is 1.35. The molecule has 33 heavy (non-hydrogen) atoms. The largest absolute Gasteiger partial charge is 0.347 e. The summed E-state index contributed by atoms with van der Waals surface area (Å²) < 4.78 is 30.3. The Balaban J connectivity index is 1.35. The van der Waals surface area contributed by atoms with Crippen molar-refractivity contribution in [2.45, 2.75) is 39.0 Å². The van der Waals surface area contributed by atoms with Crippen LogP contribution in [0.25, 0.3) is 21.8 Å². The summed E-state index contributed by atoms with van der Waals surface area (Å²) in [6.07, 6.45) is 4.83. The Morgan fingerprint density at radius 1 is 1.33 bits per heavy atom. The van der Waals surface area contributed by atoms with Crippen LogP contribution in [-0.2, 0) is 26.7 Å². The number of carbonyl (C=O) groups excluding carboxylic acids is 1. The predicted molar refractivity (Wildman–Crippen MR) is 121 cm³/mol. The van der Waals surface area contributed by atoms with Crippen molar-refractivity contribution in [2.75, 3.05) is 0 Å². The number of nitrogens with zero attached hydrogens (tertiary/aromatic N) is 5. The number of aryl methyl sites for hydroxylation is 3. The van der Waals surface area contributed by atoms with Crippen molar-refractivity contribution in [1.29, 1.82) is 0 Å². The number of fused-ring (bicyclic) bond motifs is 1. The summed E-state index contributed by atoms with van der Waals surface area (Å²) in [5, 5.41) is 7.91. The fraction of sp³-hybridized carbons (Fsp3) is 0.304. The number of rotatable bonds is 5. The van der Waals surface area contributed by atoms with Gasteiger partial charge >= 0.3 is 0 Å². The summed E-state index contributed by atoms with van der Waals surface area (Å²) in [5.41, 5.74) is 2.81. The first-order chi connectivity index (χ1) is 15.9. The van der Waals surface area contributed by atoms with Gasteiger partial charge in [-0.15, -0.1) is 11.3 Å². The average Bonchev–Trinajstić information content (AvgIpc) is 3.49. The molecule has 0 bridgehead atoms. The first kappa shape index (κ1) is 21.4.